The fourth-order valence-corrected chi connectivity index (χ4v) is 1.22. The molecule has 0 heterocycles. The average molecular weight is 170 g/mol. The van der Waals surface area contributed by atoms with Gasteiger partial charge in [-0.05, 0) is 26.2 Å². The zero-order valence-electron chi connectivity index (χ0n) is 7.04. The summed E-state index contributed by atoms with van der Waals surface area (Å²) in [6.45, 7) is 2.11. The first-order valence-electron chi connectivity index (χ1n) is 4.01. The van der Waals surface area contributed by atoms with Crippen molar-refractivity contribution in [3.05, 3.63) is 0 Å². The van der Waals surface area contributed by atoms with Gasteiger partial charge in [-0.3, -0.25) is 0 Å². The van der Waals surface area contributed by atoms with E-state index in [0.29, 0.717) is 19.4 Å². The number of hydrogen-bond donors (Lipinski definition) is 1. The Morgan fingerprint density at radius 1 is 1.75 bits per heavy atom. The van der Waals surface area contributed by atoms with Crippen molar-refractivity contribution < 1.29 is 9.53 Å². The molecular weight excluding hydrogens is 158 g/mol. The van der Waals surface area contributed by atoms with Gasteiger partial charge < -0.3 is 4.74 Å². The predicted molar refractivity (Wildman–Crippen MR) is 40.5 cm³/mol. The smallest absolute Gasteiger partial charge is 0.341 e. The molecule has 0 aromatic rings. The zero-order valence-corrected chi connectivity index (χ0v) is 7.04. The quantitative estimate of drug-likeness (QED) is 0.390. The fourth-order valence-electron chi connectivity index (χ4n) is 1.22. The summed E-state index contributed by atoms with van der Waals surface area (Å²) < 4.78 is 4.83. The lowest BCUT2D eigenvalue weighted by molar-refractivity contribution is -0.153. The van der Waals surface area contributed by atoms with Crippen LogP contribution in [0.4, 0.5) is 0 Å². The minimum Gasteiger partial charge on any atom is -0.464 e. The normalized spacial score (nSPS) is 18.8. The molecule has 1 aliphatic rings. The molecule has 0 bridgehead atoms. The van der Waals surface area contributed by atoms with Crippen molar-refractivity contribution in [1.82, 2.24) is 4.91 Å². The van der Waals surface area contributed by atoms with E-state index in [1.807, 2.05) is 0 Å². The molecule has 1 N–H and O–H groups in total. The minimum atomic E-state index is -0.808. The molecule has 1 rings (SSSR count). The lowest BCUT2D eigenvalue weighted by Gasteiger charge is -2.28. The highest BCUT2D eigenvalue weighted by atomic mass is 16.5. The number of hydrogen-bond acceptors (Lipinski definition) is 4. The number of nitrogens with zero attached hydrogens (tertiary/aromatic N) is 2. The van der Waals surface area contributed by atoms with Crippen LogP contribution in [0.25, 0.3) is 0 Å². The van der Waals surface area contributed by atoms with E-state index >= 15 is 0 Å². The van der Waals surface area contributed by atoms with Crippen LogP contribution in [0.3, 0.4) is 0 Å². The summed E-state index contributed by atoms with van der Waals surface area (Å²) in [7, 11) is 0. The van der Waals surface area contributed by atoms with E-state index in [2.05, 4.69) is 10.0 Å². The third-order valence-electron chi connectivity index (χ3n) is 2.08. The van der Waals surface area contributed by atoms with Crippen LogP contribution in [0.1, 0.15) is 26.2 Å². The largest absolute Gasteiger partial charge is 0.464 e. The van der Waals surface area contributed by atoms with Gasteiger partial charge in [0.05, 0.1) is 6.61 Å². The van der Waals surface area contributed by atoms with E-state index in [1.54, 1.807) is 6.92 Å². The third kappa shape index (κ3) is 1.36. The summed E-state index contributed by atoms with van der Waals surface area (Å²) in [6.07, 6.45) is 2.28. The molecule has 0 radical (unpaired) electrons. The molecule has 5 nitrogen and oxygen atoms in total. The Kier molecular flexibility index (Phi) is 2.55. The van der Waals surface area contributed by atoms with Crippen molar-refractivity contribution >= 4 is 5.97 Å². The first-order valence-corrected chi connectivity index (χ1v) is 4.01. The van der Waals surface area contributed by atoms with E-state index < -0.39 is 5.54 Å². The van der Waals surface area contributed by atoms with Crippen LogP contribution < -0.4 is 4.91 Å². The molecule has 0 spiro atoms. The lowest BCUT2D eigenvalue weighted by Crippen LogP contribution is -2.44. The Morgan fingerprint density at radius 2 is 2.42 bits per heavy atom. The number of nitrogens with one attached hydrogen (secondary N) is 1. The van der Waals surface area contributed by atoms with E-state index in [0.717, 1.165) is 6.42 Å². The third-order valence-corrected chi connectivity index (χ3v) is 2.08. The van der Waals surface area contributed by atoms with Gasteiger partial charge in [0, 0.05) is 0 Å². The van der Waals surface area contributed by atoms with Crippen LogP contribution in [0, 0.1) is 5.53 Å². The molecular formula is C7H12N3O2+. The lowest BCUT2D eigenvalue weighted by atomic mass is 9.78. The highest BCUT2D eigenvalue weighted by Crippen LogP contribution is 2.36. The maximum Gasteiger partial charge on any atom is 0.341 e. The van der Waals surface area contributed by atoms with Crippen LogP contribution in [0.5, 0.6) is 0 Å². The number of esters is 1. The van der Waals surface area contributed by atoms with Crippen molar-refractivity contribution in [3.8, 4) is 0 Å². The van der Waals surface area contributed by atoms with E-state index in [9.17, 15) is 4.79 Å². The van der Waals surface area contributed by atoms with Crippen molar-refractivity contribution in [2.75, 3.05) is 6.61 Å². The fraction of sp³-hybridized carbons (Fsp3) is 0.857. The van der Waals surface area contributed by atoms with E-state index in [-0.39, 0.29) is 5.97 Å². The Hall–Kier alpha value is -1.22. The molecule has 0 aliphatic heterocycles. The predicted octanol–water partition coefficient (Wildman–Crippen LogP) is 1.02. The molecule has 0 amide bonds. The maximum atomic E-state index is 11.3. The molecule has 1 fully saturated rings. The van der Waals surface area contributed by atoms with Crippen molar-refractivity contribution in [2.24, 2.45) is 5.11 Å². The number of ether oxygens (including phenoxy) is 1. The van der Waals surface area contributed by atoms with Gasteiger partial charge in [0.25, 0.3) is 0 Å². The van der Waals surface area contributed by atoms with Crippen LogP contribution >= 0.6 is 0 Å². The van der Waals surface area contributed by atoms with Gasteiger partial charge in [0.15, 0.2) is 0 Å². The Labute approximate surface area is 70.3 Å². The van der Waals surface area contributed by atoms with Gasteiger partial charge in [0.1, 0.15) is 10.6 Å². The van der Waals surface area contributed by atoms with Crippen molar-refractivity contribution in [3.63, 3.8) is 0 Å². The van der Waals surface area contributed by atoms with Crippen LogP contribution in [-0.4, -0.2) is 18.1 Å². The second-order valence-electron chi connectivity index (χ2n) is 2.81. The average Bonchev–Trinajstić information content (AvgIpc) is 1.97. The van der Waals surface area contributed by atoms with Gasteiger partial charge in [-0.1, -0.05) is 0 Å². The molecule has 0 saturated heterocycles. The monoisotopic (exact) mass is 170 g/mol. The molecule has 5 heteroatoms. The summed E-state index contributed by atoms with van der Waals surface area (Å²) in [5.74, 6) is -0.341. The Morgan fingerprint density at radius 3 is 2.75 bits per heavy atom. The molecule has 1 aliphatic carbocycles. The number of carbonyl (C=O) groups is 1. The maximum absolute atomic E-state index is 11.3. The summed E-state index contributed by atoms with van der Waals surface area (Å²) in [5.41, 5.74) is 5.76. The van der Waals surface area contributed by atoms with Gasteiger partial charge >= 0.3 is 5.97 Å². The van der Waals surface area contributed by atoms with Crippen molar-refractivity contribution in [1.29, 1.82) is 5.53 Å². The molecule has 0 aromatic carbocycles. The minimum absolute atomic E-state index is 0.341. The second-order valence-corrected chi connectivity index (χ2v) is 2.81. The van der Waals surface area contributed by atoms with E-state index in [4.69, 9.17) is 10.3 Å². The first kappa shape index (κ1) is 8.87. The molecule has 0 atom stereocenters. The van der Waals surface area contributed by atoms with Gasteiger partial charge in [-0.25, -0.2) is 4.79 Å². The van der Waals surface area contributed by atoms with Crippen molar-refractivity contribution in [2.45, 2.75) is 31.7 Å². The molecule has 1 saturated carbocycles. The molecule has 66 valence electrons. The first-order chi connectivity index (χ1) is 5.75. The molecule has 0 aromatic heterocycles. The summed E-state index contributed by atoms with van der Waals surface area (Å²) >= 11 is 0. The van der Waals surface area contributed by atoms with Gasteiger partial charge in [0.2, 0.25) is 10.5 Å². The van der Waals surface area contributed by atoms with Gasteiger partial charge in [-0.15, -0.1) is 0 Å². The Bertz CT molecular complexity index is 229. The number of carbonyl (C=O) groups excluding carboxylic acids is 1. The SMILES string of the molecule is CCOC(=O)C1(N=[N+]=N)CCC1. The topological polar surface area (TPSA) is 76.6 Å². The van der Waals surface area contributed by atoms with E-state index in [1.165, 1.54) is 0 Å². The highest BCUT2D eigenvalue weighted by Gasteiger charge is 2.51. The Balaban J connectivity index is 2.66. The summed E-state index contributed by atoms with van der Waals surface area (Å²) in [6, 6.07) is 0. The van der Waals surface area contributed by atoms with Crippen LogP contribution in [0.2, 0.25) is 0 Å². The molecule has 0 unspecified atom stereocenters. The highest BCUT2D eigenvalue weighted by molar-refractivity contribution is 5.82. The van der Waals surface area contributed by atoms with Crippen LogP contribution in [0.15, 0.2) is 5.11 Å². The standard InChI is InChI=1S/C7H12N3O2/c1-2-12-6(11)7(9-10-8)4-3-5-7/h8H,2-5H2,1H3/q+1. The zero-order chi connectivity index (χ0) is 9.03. The van der Waals surface area contributed by atoms with Gasteiger partial charge in [-0.2, -0.15) is 0 Å². The van der Waals surface area contributed by atoms with Crippen LogP contribution in [-0.2, 0) is 9.53 Å². The number of rotatable bonds is 3. The summed E-state index contributed by atoms with van der Waals surface area (Å²) in [5, 5.41) is 3.60. The summed E-state index contributed by atoms with van der Waals surface area (Å²) in [4.78, 5) is 14.2. The second kappa shape index (κ2) is 3.45. The molecule has 12 heavy (non-hydrogen) atoms.